The largest absolute Gasteiger partial charge is 0.489 e. The van der Waals surface area contributed by atoms with E-state index in [9.17, 15) is 4.79 Å². The number of benzene rings is 4. The molecule has 0 atom stereocenters. The average Bonchev–Trinajstić information content (AvgIpc) is 3.29. The van der Waals surface area contributed by atoms with Gasteiger partial charge in [-0.25, -0.2) is 4.98 Å². The maximum absolute atomic E-state index is 12.8. The van der Waals surface area contributed by atoms with E-state index in [1.54, 1.807) is 36.4 Å². The van der Waals surface area contributed by atoms with Crippen molar-refractivity contribution >= 4 is 34.2 Å². The van der Waals surface area contributed by atoms with Gasteiger partial charge in [0.15, 0.2) is 0 Å². The lowest BCUT2D eigenvalue weighted by Crippen LogP contribution is -2.11. The van der Waals surface area contributed by atoms with Crippen LogP contribution in [-0.4, -0.2) is 15.9 Å². The van der Waals surface area contributed by atoms with E-state index in [1.807, 2.05) is 60.7 Å². The van der Waals surface area contributed by atoms with Crippen molar-refractivity contribution in [3.63, 3.8) is 0 Å². The second-order valence-electron chi connectivity index (χ2n) is 7.55. The van der Waals surface area contributed by atoms with Crippen LogP contribution >= 0.6 is 11.6 Å². The molecule has 162 valence electrons. The maximum atomic E-state index is 12.8. The number of ether oxygens (including phenoxy) is 1. The molecule has 0 spiro atoms. The minimum atomic E-state index is -0.220. The molecule has 6 heteroatoms. The number of nitrogens with one attached hydrogen (secondary N) is 2. The standard InChI is InChI=1S/C27H20ClN3O2/c28-23-15-12-20(16-22(23)26-30-24-8-4-5-9-25(24)31-26)29-27(32)19-10-13-21(14-11-19)33-17-18-6-2-1-3-7-18/h1-16H,17H2,(H,29,32)(H,30,31). The number of carbonyl (C=O) groups excluding carboxylic acids is 1. The van der Waals surface area contributed by atoms with Gasteiger partial charge in [0.25, 0.3) is 5.91 Å². The van der Waals surface area contributed by atoms with Crippen molar-refractivity contribution in [3.05, 3.63) is 113 Å². The number of aromatic amines is 1. The van der Waals surface area contributed by atoms with Crippen molar-refractivity contribution < 1.29 is 9.53 Å². The molecule has 0 unspecified atom stereocenters. The zero-order valence-corrected chi connectivity index (χ0v) is 18.3. The van der Waals surface area contributed by atoms with Crippen molar-refractivity contribution in [2.24, 2.45) is 0 Å². The first-order chi connectivity index (χ1) is 16.2. The monoisotopic (exact) mass is 453 g/mol. The summed E-state index contributed by atoms with van der Waals surface area (Å²) >= 11 is 6.42. The Morgan fingerprint density at radius 2 is 1.67 bits per heavy atom. The summed E-state index contributed by atoms with van der Waals surface area (Å²) in [5.74, 6) is 1.13. The van der Waals surface area contributed by atoms with Gasteiger partial charge in [-0.2, -0.15) is 0 Å². The van der Waals surface area contributed by atoms with Gasteiger partial charge in [0.1, 0.15) is 18.2 Å². The molecule has 0 aliphatic carbocycles. The highest BCUT2D eigenvalue weighted by Crippen LogP contribution is 2.30. The zero-order chi connectivity index (χ0) is 22.6. The summed E-state index contributed by atoms with van der Waals surface area (Å²) in [7, 11) is 0. The minimum Gasteiger partial charge on any atom is -0.489 e. The van der Waals surface area contributed by atoms with Gasteiger partial charge in [-0.15, -0.1) is 0 Å². The fourth-order valence-electron chi connectivity index (χ4n) is 3.51. The zero-order valence-electron chi connectivity index (χ0n) is 17.6. The Labute approximate surface area is 196 Å². The van der Waals surface area contributed by atoms with Gasteiger partial charge in [-0.05, 0) is 60.2 Å². The van der Waals surface area contributed by atoms with Gasteiger partial charge in [0, 0.05) is 16.8 Å². The number of hydrogen-bond donors (Lipinski definition) is 2. The first-order valence-electron chi connectivity index (χ1n) is 10.5. The van der Waals surface area contributed by atoms with Crippen LogP contribution in [0.15, 0.2) is 97.1 Å². The van der Waals surface area contributed by atoms with E-state index in [-0.39, 0.29) is 5.91 Å². The fourth-order valence-corrected chi connectivity index (χ4v) is 3.72. The quantitative estimate of drug-likeness (QED) is 0.300. The molecular weight excluding hydrogens is 434 g/mol. The van der Waals surface area contributed by atoms with E-state index in [4.69, 9.17) is 16.3 Å². The van der Waals surface area contributed by atoms with Crippen molar-refractivity contribution in [1.29, 1.82) is 0 Å². The molecule has 0 aliphatic heterocycles. The topological polar surface area (TPSA) is 67.0 Å². The highest BCUT2D eigenvalue weighted by Gasteiger charge is 2.12. The van der Waals surface area contributed by atoms with Gasteiger partial charge in [-0.1, -0.05) is 54.1 Å². The van der Waals surface area contributed by atoms with E-state index in [2.05, 4.69) is 15.3 Å². The molecule has 5 aromatic rings. The van der Waals surface area contributed by atoms with Gasteiger partial charge in [-0.3, -0.25) is 4.79 Å². The highest BCUT2D eigenvalue weighted by molar-refractivity contribution is 6.33. The van der Waals surface area contributed by atoms with Crippen LogP contribution in [0, 0.1) is 0 Å². The lowest BCUT2D eigenvalue weighted by atomic mass is 10.1. The summed E-state index contributed by atoms with van der Waals surface area (Å²) in [5, 5.41) is 3.47. The van der Waals surface area contributed by atoms with Crippen molar-refractivity contribution in [1.82, 2.24) is 9.97 Å². The van der Waals surface area contributed by atoms with Gasteiger partial charge >= 0.3 is 0 Å². The number of fused-ring (bicyclic) bond motifs is 1. The summed E-state index contributed by atoms with van der Waals surface area (Å²) in [6, 6.07) is 30.1. The summed E-state index contributed by atoms with van der Waals surface area (Å²) in [6.45, 7) is 0.474. The Kier molecular flexibility index (Phi) is 5.79. The molecular formula is C27H20ClN3O2. The van der Waals surface area contributed by atoms with E-state index in [0.29, 0.717) is 34.5 Å². The highest BCUT2D eigenvalue weighted by atomic mass is 35.5. The van der Waals surface area contributed by atoms with E-state index in [0.717, 1.165) is 22.2 Å². The Balaban J connectivity index is 1.29. The smallest absolute Gasteiger partial charge is 0.255 e. The van der Waals surface area contributed by atoms with E-state index in [1.165, 1.54) is 0 Å². The van der Waals surface area contributed by atoms with Crippen LogP contribution < -0.4 is 10.1 Å². The van der Waals surface area contributed by atoms with Crippen molar-refractivity contribution in [2.75, 3.05) is 5.32 Å². The number of para-hydroxylation sites is 2. The van der Waals surface area contributed by atoms with Crippen LogP contribution in [0.4, 0.5) is 5.69 Å². The second-order valence-corrected chi connectivity index (χ2v) is 7.96. The maximum Gasteiger partial charge on any atom is 0.255 e. The predicted molar refractivity (Wildman–Crippen MR) is 132 cm³/mol. The Bertz CT molecular complexity index is 1380. The molecule has 5 rings (SSSR count). The summed E-state index contributed by atoms with van der Waals surface area (Å²) in [4.78, 5) is 20.6. The molecule has 0 radical (unpaired) electrons. The number of aromatic nitrogens is 2. The van der Waals surface area contributed by atoms with Crippen LogP contribution in [0.3, 0.4) is 0 Å². The molecule has 0 saturated heterocycles. The lowest BCUT2D eigenvalue weighted by molar-refractivity contribution is 0.102. The summed E-state index contributed by atoms with van der Waals surface area (Å²) < 4.78 is 5.79. The van der Waals surface area contributed by atoms with Crippen molar-refractivity contribution in [3.8, 4) is 17.1 Å². The minimum absolute atomic E-state index is 0.220. The molecule has 0 bridgehead atoms. The van der Waals surface area contributed by atoms with Crippen LogP contribution in [0.5, 0.6) is 5.75 Å². The van der Waals surface area contributed by atoms with Crippen LogP contribution in [0.2, 0.25) is 5.02 Å². The Morgan fingerprint density at radius 1 is 0.909 bits per heavy atom. The number of amides is 1. The second kappa shape index (κ2) is 9.18. The molecule has 1 heterocycles. The van der Waals surface area contributed by atoms with E-state index >= 15 is 0 Å². The number of imidazole rings is 1. The van der Waals surface area contributed by atoms with Crippen LogP contribution in [0.1, 0.15) is 15.9 Å². The first kappa shape index (κ1) is 20.8. The number of rotatable bonds is 6. The molecule has 0 saturated carbocycles. The number of halogens is 1. The molecule has 1 amide bonds. The van der Waals surface area contributed by atoms with E-state index < -0.39 is 0 Å². The third-order valence-electron chi connectivity index (χ3n) is 5.23. The Morgan fingerprint density at radius 3 is 2.45 bits per heavy atom. The number of hydrogen-bond acceptors (Lipinski definition) is 3. The number of H-pyrrole nitrogens is 1. The molecule has 33 heavy (non-hydrogen) atoms. The van der Waals surface area contributed by atoms with Gasteiger partial charge < -0.3 is 15.0 Å². The number of nitrogens with zero attached hydrogens (tertiary/aromatic N) is 1. The van der Waals surface area contributed by atoms with Gasteiger partial charge in [0.05, 0.1) is 16.1 Å². The Hall–Kier alpha value is -4.09. The third-order valence-corrected chi connectivity index (χ3v) is 5.56. The molecule has 2 N–H and O–H groups in total. The lowest BCUT2D eigenvalue weighted by Gasteiger charge is -2.09. The molecule has 0 fully saturated rings. The summed E-state index contributed by atoms with van der Waals surface area (Å²) in [5.41, 5.74) is 4.74. The average molecular weight is 454 g/mol. The normalized spacial score (nSPS) is 10.8. The molecule has 0 aliphatic rings. The SMILES string of the molecule is O=C(Nc1ccc(Cl)c(-c2nc3ccccc3[nH]2)c1)c1ccc(OCc2ccccc2)cc1. The van der Waals surface area contributed by atoms with Crippen molar-refractivity contribution in [2.45, 2.75) is 6.61 Å². The molecule has 4 aromatic carbocycles. The fraction of sp³-hybridized carbons (Fsp3) is 0.0370. The summed E-state index contributed by atoms with van der Waals surface area (Å²) in [6.07, 6.45) is 0. The first-order valence-corrected chi connectivity index (χ1v) is 10.9. The van der Waals surface area contributed by atoms with Crippen LogP contribution in [0.25, 0.3) is 22.4 Å². The van der Waals surface area contributed by atoms with Gasteiger partial charge in [0.2, 0.25) is 0 Å². The molecule has 1 aromatic heterocycles. The number of anilines is 1. The third kappa shape index (κ3) is 4.73. The predicted octanol–water partition coefficient (Wildman–Crippen LogP) is 6.71. The molecule has 5 nitrogen and oxygen atoms in total. The van der Waals surface area contributed by atoms with Crippen LogP contribution in [-0.2, 0) is 6.61 Å². The number of carbonyl (C=O) groups is 1.